The second kappa shape index (κ2) is 11.3. The Hall–Kier alpha value is -2.77. The highest BCUT2D eigenvalue weighted by Crippen LogP contribution is 2.42. The highest BCUT2D eigenvalue weighted by Gasteiger charge is 2.37. The van der Waals surface area contributed by atoms with Crippen molar-refractivity contribution in [2.45, 2.75) is 38.2 Å². The van der Waals surface area contributed by atoms with E-state index in [1.807, 2.05) is 0 Å². The van der Waals surface area contributed by atoms with Gasteiger partial charge in [-0.3, -0.25) is 4.79 Å². The average molecular weight is 510 g/mol. The molecule has 0 aromatic heterocycles. The van der Waals surface area contributed by atoms with Gasteiger partial charge in [-0.2, -0.15) is 0 Å². The maximum absolute atomic E-state index is 13.4. The molecular formula is C30H37F2N3O2. The summed E-state index contributed by atoms with van der Waals surface area (Å²) >= 11 is 0. The molecule has 0 bridgehead atoms. The predicted molar refractivity (Wildman–Crippen MR) is 142 cm³/mol. The van der Waals surface area contributed by atoms with Crippen LogP contribution in [0.25, 0.3) is 6.08 Å². The van der Waals surface area contributed by atoms with Crippen LogP contribution in [0.5, 0.6) is 0 Å². The van der Waals surface area contributed by atoms with Crippen molar-refractivity contribution in [2.24, 2.45) is 17.8 Å². The summed E-state index contributed by atoms with van der Waals surface area (Å²) in [7, 11) is 0. The number of anilines is 1. The van der Waals surface area contributed by atoms with Crippen LogP contribution in [0.3, 0.4) is 0 Å². The van der Waals surface area contributed by atoms with E-state index in [0.29, 0.717) is 43.0 Å². The summed E-state index contributed by atoms with van der Waals surface area (Å²) in [6, 6.07) is 11.9. The van der Waals surface area contributed by atoms with Crippen molar-refractivity contribution in [2.75, 3.05) is 44.6 Å². The Morgan fingerprint density at radius 2 is 1.84 bits per heavy atom. The van der Waals surface area contributed by atoms with E-state index in [1.165, 1.54) is 35.5 Å². The van der Waals surface area contributed by atoms with Gasteiger partial charge in [0.25, 0.3) is 0 Å². The zero-order valence-corrected chi connectivity index (χ0v) is 21.5. The van der Waals surface area contributed by atoms with Gasteiger partial charge in [-0.05, 0) is 79.0 Å². The number of nitrogens with one attached hydrogen (secondary N) is 1. The van der Waals surface area contributed by atoms with Gasteiger partial charge >= 0.3 is 0 Å². The number of aliphatic hydroxyl groups excluding tert-OH is 1. The number of rotatable bonds is 6. The molecule has 0 spiro atoms. The number of hydrogen-bond donors (Lipinski definition) is 2. The molecule has 2 aromatic carbocycles. The Balaban J connectivity index is 1.07. The van der Waals surface area contributed by atoms with Gasteiger partial charge in [0.2, 0.25) is 5.91 Å². The molecule has 2 saturated heterocycles. The lowest BCUT2D eigenvalue weighted by Crippen LogP contribution is -2.48. The third-order valence-corrected chi connectivity index (χ3v) is 8.59. The van der Waals surface area contributed by atoms with E-state index < -0.39 is 17.7 Å². The molecule has 5 rings (SSSR count). The van der Waals surface area contributed by atoms with Crippen LogP contribution in [0.1, 0.15) is 43.2 Å². The first-order valence-electron chi connectivity index (χ1n) is 13.5. The first-order chi connectivity index (χ1) is 17.9. The summed E-state index contributed by atoms with van der Waals surface area (Å²) in [6.07, 6.45) is 5.07. The molecule has 0 saturated carbocycles. The predicted octanol–water partition coefficient (Wildman–Crippen LogP) is 4.74. The van der Waals surface area contributed by atoms with E-state index >= 15 is 0 Å². The standard InChI is InChI=1S/C30H37F2N3O2/c1-20-18-34(11-10-25(20)27-17-33-28-5-3-2-4-26(27)28)19-29(36)22-8-12-35(13-9-22)30(37)7-6-21-14-23(31)16-24(32)15-21/h2-7,14-16,20,22,25,27,29,33,36H,8-13,17-19H2,1H3/b7-6+/t20-,25+,27?,29?/m1/s1. The lowest BCUT2D eigenvalue weighted by atomic mass is 9.75. The van der Waals surface area contributed by atoms with E-state index in [0.717, 1.165) is 45.0 Å². The van der Waals surface area contributed by atoms with E-state index in [-0.39, 0.29) is 11.8 Å². The molecule has 3 aliphatic rings. The summed E-state index contributed by atoms with van der Waals surface area (Å²) in [5.74, 6) is 0.449. The fourth-order valence-corrected chi connectivity index (χ4v) is 6.57. The molecule has 3 heterocycles. The molecule has 4 atom stereocenters. The SMILES string of the molecule is C[C@@H]1CN(CC(O)C2CCN(C(=O)/C=C/c3cc(F)cc(F)c3)CC2)CC[C@@H]1C1CNc2ccccc21. The Kier molecular flexibility index (Phi) is 7.91. The van der Waals surface area contributed by atoms with Gasteiger partial charge in [0.15, 0.2) is 0 Å². The Bertz CT molecular complexity index is 1110. The van der Waals surface area contributed by atoms with Crippen molar-refractivity contribution in [3.8, 4) is 0 Å². The van der Waals surface area contributed by atoms with Crippen LogP contribution in [-0.2, 0) is 4.79 Å². The number of hydrogen-bond acceptors (Lipinski definition) is 4. The highest BCUT2D eigenvalue weighted by atomic mass is 19.1. The molecule has 2 unspecified atom stereocenters. The van der Waals surface area contributed by atoms with Gasteiger partial charge in [-0.25, -0.2) is 8.78 Å². The number of amides is 1. The zero-order valence-electron chi connectivity index (χ0n) is 21.5. The van der Waals surface area contributed by atoms with Crippen molar-refractivity contribution in [3.05, 3.63) is 71.3 Å². The van der Waals surface area contributed by atoms with Crippen molar-refractivity contribution in [1.82, 2.24) is 9.80 Å². The minimum absolute atomic E-state index is 0.170. The molecule has 3 aliphatic heterocycles. The van der Waals surface area contributed by atoms with Crippen LogP contribution in [0, 0.1) is 29.4 Å². The molecule has 198 valence electrons. The summed E-state index contributed by atoms with van der Waals surface area (Å²) < 4.78 is 26.7. The largest absolute Gasteiger partial charge is 0.392 e. The van der Waals surface area contributed by atoms with Crippen LogP contribution >= 0.6 is 0 Å². The number of para-hydroxylation sites is 1. The lowest BCUT2D eigenvalue weighted by molar-refractivity contribution is -0.128. The minimum Gasteiger partial charge on any atom is -0.392 e. The fourth-order valence-electron chi connectivity index (χ4n) is 6.57. The molecule has 5 nitrogen and oxygen atoms in total. The van der Waals surface area contributed by atoms with Crippen molar-refractivity contribution in [1.29, 1.82) is 0 Å². The highest BCUT2D eigenvalue weighted by molar-refractivity contribution is 5.91. The second-order valence-electron chi connectivity index (χ2n) is 11.0. The van der Waals surface area contributed by atoms with E-state index in [2.05, 4.69) is 41.4 Å². The number of likely N-dealkylation sites (tertiary alicyclic amines) is 2. The number of piperidine rings is 2. The number of fused-ring (bicyclic) bond motifs is 1. The summed E-state index contributed by atoms with van der Waals surface area (Å²) in [6.45, 7) is 7.21. The summed E-state index contributed by atoms with van der Waals surface area (Å²) in [4.78, 5) is 16.7. The number of carbonyl (C=O) groups excluding carboxylic acids is 1. The number of benzene rings is 2. The Labute approximate surface area is 218 Å². The van der Waals surface area contributed by atoms with Crippen LogP contribution in [0.4, 0.5) is 14.5 Å². The second-order valence-corrected chi connectivity index (χ2v) is 11.0. The number of β-amino-alcohol motifs (C(OH)–C–C–N with tert-alkyl or cyclic N) is 1. The van der Waals surface area contributed by atoms with Crippen molar-refractivity contribution >= 4 is 17.7 Å². The Morgan fingerprint density at radius 3 is 2.57 bits per heavy atom. The minimum atomic E-state index is -0.665. The van der Waals surface area contributed by atoms with Crippen LogP contribution in [-0.4, -0.2) is 66.2 Å². The maximum Gasteiger partial charge on any atom is 0.246 e. The molecule has 2 fully saturated rings. The molecule has 1 amide bonds. The van der Waals surface area contributed by atoms with Crippen molar-refractivity contribution in [3.63, 3.8) is 0 Å². The van der Waals surface area contributed by atoms with Crippen molar-refractivity contribution < 1.29 is 18.7 Å². The molecule has 2 N–H and O–H groups in total. The number of halogens is 2. The topological polar surface area (TPSA) is 55.8 Å². The normalized spacial score (nSPS) is 25.7. The molecule has 2 aromatic rings. The van der Waals surface area contributed by atoms with Gasteiger partial charge in [0.05, 0.1) is 6.10 Å². The van der Waals surface area contributed by atoms with Gasteiger partial charge < -0.3 is 20.2 Å². The number of nitrogens with zero attached hydrogens (tertiary/aromatic N) is 2. The van der Waals surface area contributed by atoms with Gasteiger partial charge in [0, 0.05) is 56.5 Å². The summed E-state index contributed by atoms with van der Waals surface area (Å²) in [5, 5.41) is 14.6. The van der Waals surface area contributed by atoms with Crippen LogP contribution in [0.15, 0.2) is 48.5 Å². The molecule has 0 radical (unpaired) electrons. The van der Waals surface area contributed by atoms with E-state index in [4.69, 9.17) is 0 Å². The monoisotopic (exact) mass is 509 g/mol. The molecular weight excluding hydrogens is 472 g/mol. The lowest BCUT2D eigenvalue weighted by Gasteiger charge is -2.42. The molecule has 0 aliphatic carbocycles. The first kappa shape index (κ1) is 25.9. The number of aliphatic hydroxyl groups is 1. The molecule has 7 heteroatoms. The quantitative estimate of drug-likeness (QED) is 0.552. The smallest absolute Gasteiger partial charge is 0.246 e. The molecule has 37 heavy (non-hydrogen) atoms. The summed E-state index contributed by atoms with van der Waals surface area (Å²) in [5.41, 5.74) is 3.05. The van der Waals surface area contributed by atoms with Crippen LogP contribution in [0.2, 0.25) is 0 Å². The van der Waals surface area contributed by atoms with Gasteiger partial charge in [-0.1, -0.05) is 25.1 Å². The Morgan fingerprint density at radius 1 is 1.11 bits per heavy atom. The van der Waals surface area contributed by atoms with Gasteiger partial charge in [-0.15, -0.1) is 0 Å². The number of carbonyl (C=O) groups is 1. The third-order valence-electron chi connectivity index (χ3n) is 8.59. The first-order valence-corrected chi connectivity index (χ1v) is 13.5. The maximum atomic E-state index is 13.4. The van der Waals surface area contributed by atoms with Gasteiger partial charge in [0.1, 0.15) is 11.6 Å². The van der Waals surface area contributed by atoms with E-state index in [1.54, 1.807) is 4.90 Å². The fraction of sp³-hybridized carbons (Fsp3) is 0.500. The average Bonchev–Trinajstić information content (AvgIpc) is 3.31. The zero-order chi connectivity index (χ0) is 25.9. The van der Waals surface area contributed by atoms with Crippen LogP contribution < -0.4 is 5.32 Å². The third kappa shape index (κ3) is 6.04. The van der Waals surface area contributed by atoms with E-state index in [9.17, 15) is 18.7 Å².